The molecule has 0 aromatic heterocycles. The molecule has 3 nitrogen and oxygen atoms in total. The Morgan fingerprint density at radius 1 is 1.58 bits per heavy atom. The molecule has 68 valence electrons. The van der Waals surface area contributed by atoms with Crippen molar-refractivity contribution >= 4 is 32.4 Å². The van der Waals surface area contributed by atoms with Crippen molar-refractivity contribution in [2.24, 2.45) is 0 Å². The molecule has 0 heterocycles. The zero-order valence-corrected chi connectivity index (χ0v) is 11.2. The first-order chi connectivity index (χ1) is 5.68. The Bertz CT molecular complexity index is 150. The first-order valence-electron chi connectivity index (χ1n) is 3.80. The quantitative estimate of drug-likeness (QED) is 0.267. The van der Waals surface area contributed by atoms with E-state index in [0.717, 1.165) is 6.42 Å². The fourth-order valence-electron chi connectivity index (χ4n) is 0.432. The van der Waals surface area contributed by atoms with Gasteiger partial charge in [0.2, 0.25) is 0 Å². The van der Waals surface area contributed by atoms with Gasteiger partial charge in [0.05, 0.1) is 6.61 Å². The molecule has 0 N–H and O–H groups in total. The van der Waals surface area contributed by atoms with Gasteiger partial charge >= 0.3 is 26.0 Å². The Kier molecular flexibility index (Phi) is 12.8. The summed E-state index contributed by atoms with van der Waals surface area (Å²) in [6.07, 6.45) is 0.991. The van der Waals surface area contributed by atoms with Crippen LogP contribution < -0.4 is 0 Å². The number of rotatable bonds is 4. The third-order valence-electron chi connectivity index (χ3n) is 1.08. The summed E-state index contributed by atoms with van der Waals surface area (Å²) in [5.41, 5.74) is 0.480. The van der Waals surface area contributed by atoms with Gasteiger partial charge in [0.1, 0.15) is 0 Å². The molecule has 0 bridgehead atoms. The van der Waals surface area contributed by atoms with Gasteiger partial charge in [-0.1, -0.05) is 12.6 Å². The van der Waals surface area contributed by atoms with E-state index in [0.29, 0.717) is 28.4 Å². The molecule has 0 spiro atoms. The molecule has 0 aliphatic heterocycles. The molecule has 0 radical (unpaired) electrons. The van der Waals surface area contributed by atoms with Crippen LogP contribution in [0, 0.1) is 0 Å². The van der Waals surface area contributed by atoms with Crippen molar-refractivity contribution in [1.29, 1.82) is 0 Å². The molecule has 0 aliphatic rings. The van der Waals surface area contributed by atoms with Gasteiger partial charge in [0.25, 0.3) is 0 Å². The van der Waals surface area contributed by atoms with E-state index >= 15 is 0 Å². The van der Waals surface area contributed by atoms with Crippen LogP contribution in [0.5, 0.6) is 0 Å². The normalized spacial score (nSPS) is 8.00. The van der Waals surface area contributed by atoms with Crippen LogP contribution in [0.1, 0.15) is 13.3 Å². The van der Waals surface area contributed by atoms with E-state index in [2.05, 4.69) is 6.58 Å². The van der Waals surface area contributed by atoms with Crippen LogP contribution in [-0.2, 0) is 13.3 Å². The van der Waals surface area contributed by atoms with E-state index < -0.39 is 0 Å². The molecule has 0 amide bonds. The topological polar surface area (TPSA) is 43.4 Å². The SMILES string of the molecule is C=C(C)C(=O)OCCC[SiH3].[O]=[AlH]. The summed E-state index contributed by atoms with van der Waals surface area (Å²) in [5.74, 6) is -0.268. The third kappa shape index (κ3) is 9.76. The van der Waals surface area contributed by atoms with E-state index in [-0.39, 0.29) is 5.97 Å². The molecule has 0 aromatic rings. The molecule has 0 fully saturated rings. The number of carbonyl (C=O) groups excluding carboxylic acids is 1. The Labute approximate surface area is 84.2 Å². The Hall–Kier alpha value is -0.241. The van der Waals surface area contributed by atoms with Gasteiger partial charge in [0, 0.05) is 15.8 Å². The van der Waals surface area contributed by atoms with Gasteiger partial charge < -0.3 is 4.74 Å². The van der Waals surface area contributed by atoms with Crippen LogP contribution in [0.2, 0.25) is 6.04 Å². The fraction of sp³-hybridized carbons (Fsp3) is 0.571. The van der Waals surface area contributed by atoms with Crippen LogP contribution in [0.3, 0.4) is 0 Å². The van der Waals surface area contributed by atoms with E-state index in [9.17, 15) is 4.79 Å². The summed E-state index contributed by atoms with van der Waals surface area (Å²) in [6.45, 7) is 5.67. The monoisotopic (exact) mass is 202 g/mol. The van der Waals surface area contributed by atoms with Crippen molar-refractivity contribution in [3.05, 3.63) is 12.2 Å². The van der Waals surface area contributed by atoms with Crippen molar-refractivity contribution in [2.45, 2.75) is 19.4 Å². The van der Waals surface area contributed by atoms with Gasteiger partial charge in [0.15, 0.2) is 0 Å². The number of hydrogen-bond acceptors (Lipinski definition) is 3. The summed E-state index contributed by atoms with van der Waals surface area (Å²) in [4.78, 5) is 10.7. The fourth-order valence-corrected chi connectivity index (χ4v) is 0.721. The van der Waals surface area contributed by atoms with Crippen molar-refractivity contribution < 1.29 is 13.3 Å². The van der Waals surface area contributed by atoms with Gasteiger partial charge in [-0.3, -0.25) is 0 Å². The molecule has 0 aromatic carbocycles. The zero-order chi connectivity index (χ0) is 9.98. The summed E-state index contributed by atoms with van der Waals surface area (Å²) < 4.78 is 13.1. The number of hydrogen-bond donors (Lipinski definition) is 0. The molecule has 5 heteroatoms. The predicted octanol–water partition coefficient (Wildman–Crippen LogP) is -0.488. The van der Waals surface area contributed by atoms with Crippen LogP contribution in [0.4, 0.5) is 0 Å². The molecule has 0 saturated carbocycles. The maximum atomic E-state index is 10.7. The second-order valence-corrected chi connectivity index (χ2v) is 3.27. The Morgan fingerprint density at radius 3 is 2.42 bits per heavy atom. The average Bonchev–Trinajstić information content (AvgIpc) is 2.08. The number of esters is 1. The van der Waals surface area contributed by atoms with Gasteiger partial charge in [-0.2, -0.15) is 0 Å². The first kappa shape index (κ1) is 14.3. The molecule has 0 rings (SSSR count). The van der Waals surface area contributed by atoms with E-state index in [4.69, 9.17) is 8.54 Å². The van der Waals surface area contributed by atoms with E-state index in [1.807, 2.05) is 0 Å². The molecule has 0 saturated heterocycles. The number of ether oxygens (including phenoxy) is 1. The van der Waals surface area contributed by atoms with Gasteiger partial charge in [-0.05, 0) is 13.3 Å². The third-order valence-corrected chi connectivity index (χ3v) is 1.79. The summed E-state index contributed by atoms with van der Waals surface area (Å²) in [6, 6.07) is 1.18. The predicted molar refractivity (Wildman–Crippen MR) is 53.0 cm³/mol. The van der Waals surface area contributed by atoms with Crippen LogP contribution >= 0.6 is 0 Å². The second-order valence-electron chi connectivity index (χ2n) is 2.27. The molecular formula is C7H15AlO3Si. The second kappa shape index (κ2) is 10.8. The van der Waals surface area contributed by atoms with Crippen molar-refractivity contribution in [3.63, 3.8) is 0 Å². The minimum atomic E-state index is -0.268. The average molecular weight is 202 g/mol. The van der Waals surface area contributed by atoms with Crippen LogP contribution in [0.15, 0.2) is 12.2 Å². The van der Waals surface area contributed by atoms with Crippen molar-refractivity contribution in [1.82, 2.24) is 0 Å². The molecule has 12 heavy (non-hydrogen) atoms. The summed E-state index contributed by atoms with van der Waals surface area (Å²) >= 11 is 0.611. The molecule has 0 atom stereocenters. The zero-order valence-electron chi connectivity index (χ0n) is 7.76. The van der Waals surface area contributed by atoms with Crippen molar-refractivity contribution in [2.75, 3.05) is 6.61 Å². The standard InChI is InChI=1S/C7H14O2Si.Al.O.H/c1-6(2)7(8)9-4-3-5-10;;;/h1,3-5H2,2,10H3;;;. The minimum absolute atomic E-state index is 0.268. The molecule has 0 aliphatic carbocycles. The summed E-state index contributed by atoms with van der Waals surface area (Å²) in [7, 11) is 1.18. The first-order valence-corrected chi connectivity index (χ1v) is 5.79. The molecule has 0 unspecified atom stereocenters. The summed E-state index contributed by atoms with van der Waals surface area (Å²) in [5, 5.41) is 0. The van der Waals surface area contributed by atoms with Gasteiger partial charge in [-0.15, -0.1) is 0 Å². The van der Waals surface area contributed by atoms with Crippen LogP contribution in [0.25, 0.3) is 0 Å². The maximum absolute atomic E-state index is 10.7. The van der Waals surface area contributed by atoms with Crippen LogP contribution in [-0.4, -0.2) is 39.0 Å². The Balaban J connectivity index is 0. The van der Waals surface area contributed by atoms with E-state index in [1.165, 1.54) is 16.3 Å². The number of carbonyl (C=O) groups is 1. The van der Waals surface area contributed by atoms with E-state index in [1.54, 1.807) is 6.92 Å². The molecular weight excluding hydrogens is 187 g/mol. The Morgan fingerprint density at radius 2 is 2.08 bits per heavy atom. The van der Waals surface area contributed by atoms with Crippen molar-refractivity contribution in [3.8, 4) is 0 Å². The van der Waals surface area contributed by atoms with Gasteiger partial charge in [-0.25, -0.2) is 4.79 Å².